The van der Waals surface area contributed by atoms with Crippen molar-refractivity contribution in [1.82, 2.24) is 9.78 Å². The third-order valence-corrected chi connectivity index (χ3v) is 4.43. The summed E-state index contributed by atoms with van der Waals surface area (Å²) in [6.07, 6.45) is 1.70. The lowest BCUT2D eigenvalue weighted by Gasteiger charge is -2.01. The fraction of sp³-hybridized carbons (Fsp3) is 0.250. The van der Waals surface area contributed by atoms with Gasteiger partial charge in [-0.05, 0) is 35.3 Å². The second-order valence-corrected chi connectivity index (χ2v) is 6.13. The SMILES string of the molecule is Cc1sc(NC(=O)c2nn(C)cc2Br)c(C#N)c1C. The Bertz CT molecular complexity index is 695. The van der Waals surface area contributed by atoms with Gasteiger partial charge in [-0.2, -0.15) is 10.4 Å². The van der Waals surface area contributed by atoms with Crippen LogP contribution in [0.15, 0.2) is 10.7 Å². The maximum atomic E-state index is 12.1. The highest BCUT2D eigenvalue weighted by Gasteiger charge is 2.19. The molecular weight excluding hydrogens is 328 g/mol. The average molecular weight is 339 g/mol. The average Bonchev–Trinajstić information content (AvgIpc) is 2.80. The van der Waals surface area contributed by atoms with Crippen LogP contribution in [0.2, 0.25) is 0 Å². The number of anilines is 1. The van der Waals surface area contributed by atoms with Gasteiger partial charge in [-0.25, -0.2) is 0 Å². The summed E-state index contributed by atoms with van der Waals surface area (Å²) in [5.41, 5.74) is 1.72. The number of carbonyl (C=O) groups excluding carboxylic acids is 1. The van der Waals surface area contributed by atoms with Crippen molar-refractivity contribution in [1.29, 1.82) is 5.26 Å². The van der Waals surface area contributed by atoms with Crippen LogP contribution < -0.4 is 5.32 Å². The van der Waals surface area contributed by atoms with Crippen LogP contribution in [0.1, 0.15) is 26.5 Å². The van der Waals surface area contributed by atoms with E-state index in [0.29, 0.717) is 20.7 Å². The summed E-state index contributed by atoms with van der Waals surface area (Å²) in [5, 5.41) is 16.5. The minimum Gasteiger partial charge on any atom is -0.311 e. The summed E-state index contributed by atoms with van der Waals surface area (Å²) in [6.45, 7) is 3.80. The first-order valence-corrected chi connectivity index (χ1v) is 7.05. The van der Waals surface area contributed by atoms with E-state index in [1.807, 2.05) is 13.8 Å². The third kappa shape index (κ3) is 2.55. The van der Waals surface area contributed by atoms with E-state index in [-0.39, 0.29) is 5.91 Å². The summed E-state index contributed by atoms with van der Waals surface area (Å²) in [4.78, 5) is 13.1. The van der Waals surface area contributed by atoms with E-state index in [4.69, 9.17) is 5.26 Å². The molecule has 0 atom stereocenters. The molecule has 98 valence electrons. The van der Waals surface area contributed by atoms with E-state index in [9.17, 15) is 4.79 Å². The van der Waals surface area contributed by atoms with E-state index < -0.39 is 0 Å². The maximum absolute atomic E-state index is 12.1. The molecule has 0 fully saturated rings. The van der Waals surface area contributed by atoms with E-state index in [0.717, 1.165) is 10.4 Å². The Kier molecular flexibility index (Phi) is 3.73. The predicted octanol–water partition coefficient (Wildman–Crippen LogP) is 2.98. The number of hydrogen-bond donors (Lipinski definition) is 1. The van der Waals surface area contributed by atoms with Crippen molar-refractivity contribution in [3.05, 3.63) is 32.4 Å². The fourth-order valence-corrected chi connectivity index (χ4v) is 3.19. The lowest BCUT2D eigenvalue weighted by molar-refractivity contribution is 0.102. The topological polar surface area (TPSA) is 70.7 Å². The van der Waals surface area contributed by atoms with Crippen LogP contribution in [0, 0.1) is 25.2 Å². The van der Waals surface area contributed by atoms with Crippen LogP contribution >= 0.6 is 27.3 Å². The standard InChI is InChI=1S/C12H11BrN4OS/c1-6-7(2)19-12(8(6)4-14)15-11(18)10-9(13)5-17(3)16-10/h5H,1-3H3,(H,15,18). The van der Waals surface area contributed by atoms with Gasteiger partial charge in [-0.3, -0.25) is 9.48 Å². The Hall–Kier alpha value is -1.65. The number of aryl methyl sites for hydroxylation is 2. The molecule has 2 rings (SSSR count). The summed E-state index contributed by atoms with van der Waals surface area (Å²) in [6, 6.07) is 2.12. The Labute approximate surface area is 123 Å². The van der Waals surface area contributed by atoms with Gasteiger partial charge in [0.25, 0.3) is 5.91 Å². The van der Waals surface area contributed by atoms with Gasteiger partial charge < -0.3 is 5.32 Å². The third-order valence-electron chi connectivity index (χ3n) is 2.72. The van der Waals surface area contributed by atoms with Gasteiger partial charge in [-0.15, -0.1) is 11.3 Å². The molecule has 0 aliphatic rings. The van der Waals surface area contributed by atoms with Gasteiger partial charge in [0.1, 0.15) is 11.1 Å². The van der Waals surface area contributed by atoms with Gasteiger partial charge >= 0.3 is 0 Å². The van der Waals surface area contributed by atoms with Crippen LogP contribution in [0.5, 0.6) is 0 Å². The van der Waals surface area contributed by atoms with Crippen LogP contribution in [0.25, 0.3) is 0 Å². The van der Waals surface area contributed by atoms with E-state index in [2.05, 4.69) is 32.4 Å². The number of nitrogens with zero attached hydrogens (tertiary/aromatic N) is 3. The first kappa shape index (κ1) is 13.8. The molecule has 0 spiro atoms. The Morgan fingerprint density at radius 1 is 1.58 bits per heavy atom. The highest BCUT2D eigenvalue weighted by Crippen LogP contribution is 2.32. The van der Waals surface area contributed by atoms with Gasteiger partial charge in [0.05, 0.1) is 10.0 Å². The van der Waals surface area contributed by atoms with Gasteiger partial charge in [0.2, 0.25) is 0 Å². The zero-order valence-electron chi connectivity index (χ0n) is 10.6. The molecular formula is C12H11BrN4OS. The molecule has 7 heteroatoms. The quantitative estimate of drug-likeness (QED) is 0.914. The van der Waals surface area contributed by atoms with Crippen molar-refractivity contribution in [3.8, 4) is 6.07 Å². The van der Waals surface area contributed by atoms with Crippen molar-refractivity contribution in [2.24, 2.45) is 7.05 Å². The minimum atomic E-state index is -0.328. The first-order chi connectivity index (χ1) is 8.93. The number of carbonyl (C=O) groups is 1. The van der Waals surface area contributed by atoms with Crippen molar-refractivity contribution < 1.29 is 4.79 Å². The summed E-state index contributed by atoms with van der Waals surface area (Å²) in [7, 11) is 1.74. The molecule has 0 unspecified atom stereocenters. The largest absolute Gasteiger partial charge is 0.311 e. The smallest absolute Gasteiger partial charge is 0.277 e. The second-order valence-electron chi connectivity index (χ2n) is 4.05. The number of amides is 1. The Morgan fingerprint density at radius 2 is 2.26 bits per heavy atom. The highest BCUT2D eigenvalue weighted by molar-refractivity contribution is 9.10. The molecule has 5 nitrogen and oxygen atoms in total. The van der Waals surface area contributed by atoms with Gasteiger partial charge in [0, 0.05) is 18.1 Å². The molecule has 0 radical (unpaired) electrons. The highest BCUT2D eigenvalue weighted by atomic mass is 79.9. The monoisotopic (exact) mass is 338 g/mol. The zero-order valence-corrected chi connectivity index (χ0v) is 13.0. The number of nitrogens with one attached hydrogen (secondary N) is 1. The Balaban J connectivity index is 2.32. The molecule has 0 saturated heterocycles. The second kappa shape index (κ2) is 5.15. The molecule has 0 aliphatic carbocycles. The zero-order chi connectivity index (χ0) is 14.2. The summed E-state index contributed by atoms with van der Waals surface area (Å²) >= 11 is 4.68. The van der Waals surface area contributed by atoms with E-state index in [1.165, 1.54) is 11.3 Å². The van der Waals surface area contributed by atoms with Crippen LogP contribution in [0.4, 0.5) is 5.00 Å². The number of thiophene rings is 1. The first-order valence-electron chi connectivity index (χ1n) is 5.44. The number of hydrogen-bond acceptors (Lipinski definition) is 4. The van der Waals surface area contributed by atoms with Crippen molar-refractivity contribution in [2.75, 3.05) is 5.32 Å². The predicted molar refractivity (Wildman–Crippen MR) is 77.4 cm³/mol. The van der Waals surface area contributed by atoms with Crippen LogP contribution in [-0.2, 0) is 7.05 Å². The molecule has 2 aromatic rings. The molecule has 1 amide bonds. The van der Waals surface area contributed by atoms with Crippen molar-refractivity contribution in [2.45, 2.75) is 13.8 Å². The molecule has 0 aliphatic heterocycles. The number of nitriles is 1. The molecule has 0 saturated carbocycles. The van der Waals surface area contributed by atoms with Crippen molar-refractivity contribution in [3.63, 3.8) is 0 Å². The fourth-order valence-electron chi connectivity index (χ4n) is 1.63. The minimum absolute atomic E-state index is 0.301. The lowest BCUT2D eigenvalue weighted by Crippen LogP contribution is -2.13. The van der Waals surface area contributed by atoms with Crippen molar-refractivity contribution >= 4 is 38.2 Å². The molecule has 0 bridgehead atoms. The molecule has 1 N–H and O–H groups in total. The number of aromatic nitrogens is 2. The normalized spacial score (nSPS) is 10.3. The lowest BCUT2D eigenvalue weighted by atomic mass is 10.2. The van der Waals surface area contributed by atoms with E-state index in [1.54, 1.807) is 17.9 Å². The summed E-state index contributed by atoms with van der Waals surface area (Å²) in [5.74, 6) is -0.328. The number of rotatable bonds is 2. The van der Waals surface area contributed by atoms with Gasteiger partial charge in [0.15, 0.2) is 5.69 Å². The van der Waals surface area contributed by atoms with Crippen LogP contribution in [-0.4, -0.2) is 15.7 Å². The summed E-state index contributed by atoms with van der Waals surface area (Å²) < 4.78 is 2.17. The number of halogens is 1. The molecule has 2 heterocycles. The molecule has 19 heavy (non-hydrogen) atoms. The van der Waals surface area contributed by atoms with Gasteiger partial charge in [-0.1, -0.05) is 0 Å². The van der Waals surface area contributed by atoms with E-state index >= 15 is 0 Å². The Morgan fingerprint density at radius 3 is 2.79 bits per heavy atom. The molecule has 0 aromatic carbocycles. The molecule has 2 aromatic heterocycles. The van der Waals surface area contributed by atoms with Crippen LogP contribution in [0.3, 0.4) is 0 Å². The maximum Gasteiger partial charge on any atom is 0.277 e.